The van der Waals surface area contributed by atoms with Gasteiger partial charge >= 0.3 is 0 Å². The van der Waals surface area contributed by atoms with Gasteiger partial charge in [-0.2, -0.15) is 0 Å². The number of aliphatic hydroxyl groups excluding tert-OH is 1. The number of aliphatic hydroxyl groups is 1. The van der Waals surface area contributed by atoms with Crippen molar-refractivity contribution < 1.29 is 5.11 Å². The lowest BCUT2D eigenvalue weighted by molar-refractivity contribution is 0.192. The van der Waals surface area contributed by atoms with Gasteiger partial charge in [-0.25, -0.2) is 0 Å². The zero-order chi connectivity index (χ0) is 15.4. The van der Waals surface area contributed by atoms with E-state index < -0.39 is 6.10 Å². The van der Waals surface area contributed by atoms with E-state index in [4.69, 9.17) is 23.2 Å². The molecule has 2 aromatic carbocycles. The molecule has 112 valence electrons. The summed E-state index contributed by atoms with van der Waals surface area (Å²) in [5, 5.41) is 14.5. The molecule has 0 aromatic heterocycles. The smallest absolute Gasteiger partial charge is 0.0977 e. The molecule has 0 fully saturated rings. The predicted octanol–water partition coefficient (Wildman–Crippen LogP) is 5.26. The number of hydrogen-bond acceptors (Lipinski definition) is 2. The molecule has 0 bridgehead atoms. The van der Waals surface area contributed by atoms with Gasteiger partial charge in [-0.1, -0.05) is 49.2 Å². The minimum absolute atomic E-state index is 0.376. The fourth-order valence-corrected chi connectivity index (χ4v) is 2.50. The van der Waals surface area contributed by atoms with E-state index in [0.29, 0.717) is 28.1 Å². The largest absolute Gasteiger partial charge is 0.387 e. The van der Waals surface area contributed by atoms with E-state index in [-0.39, 0.29) is 0 Å². The molecule has 2 rings (SSSR count). The van der Waals surface area contributed by atoms with Crippen LogP contribution in [0.25, 0.3) is 0 Å². The summed E-state index contributed by atoms with van der Waals surface area (Å²) in [5.41, 5.74) is 2.89. The lowest BCUT2D eigenvalue weighted by Gasteiger charge is -2.15. The Morgan fingerprint density at radius 1 is 1.05 bits per heavy atom. The first kappa shape index (κ1) is 16.2. The number of benzene rings is 2. The highest BCUT2D eigenvalue weighted by Gasteiger charge is 2.12. The molecule has 4 heteroatoms. The standard InChI is InChI=1S/C17H19Cl2NO/c1-11(2)12-3-6-14(7-4-12)20-10-17(21)15-9-13(18)5-8-16(15)19/h3-9,11,17,20-21H,10H2,1-2H3. The van der Waals surface area contributed by atoms with Gasteiger partial charge in [-0.3, -0.25) is 0 Å². The Balaban J connectivity index is 2.00. The second kappa shape index (κ2) is 7.17. The number of anilines is 1. The normalized spacial score (nSPS) is 12.5. The van der Waals surface area contributed by atoms with Crippen LogP contribution in [0.15, 0.2) is 42.5 Å². The molecule has 1 unspecified atom stereocenters. The molecule has 0 aliphatic carbocycles. The molecule has 0 saturated carbocycles. The first-order valence-electron chi connectivity index (χ1n) is 6.94. The summed E-state index contributed by atoms with van der Waals surface area (Å²) in [7, 11) is 0. The van der Waals surface area contributed by atoms with Crippen molar-refractivity contribution in [1.29, 1.82) is 0 Å². The van der Waals surface area contributed by atoms with Gasteiger partial charge < -0.3 is 10.4 Å². The van der Waals surface area contributed by atoms with Gasteiger partial charge in [0, 0.05) is 27.8 Å². The summed E-state index contributed by atoms with van der Waals surface area (Å²) < 4.78 is 0. The number of nitrogens with one attached hydrogen (secondary N) is 1. The van der Waals surface area contributed by atoms with Crippen molar-refractivity contribution in [1.82, 2.24) is 0 Å². The van der Waals surface area contributed by atoms with Crippen LogP contribution < -0.4 is 5.32 Å². The fourth-order valence-electron chi connectivity index (χ4n) is 2.08. The van der Waals surface area contributed by atoms with E-state index in [0.717, 1.165) is 5.69 Å². The van der Waals surface area contributed by atoms with E-state index in [2.05, 4.69) is 31.3 Å². The molecule has 2 nitrogen and oxygen atoms in total. The maximum Gasteiger partial charge on any atom is 0.0977 e. The molecule has 0 spiro atoms. The first-order chi connectivity index (χ1) is 9.97. The van der Waals surface area contributed by atoms with Crippen molar-refractivity contribution in [2.45, 2.75) is 25.9 Å². The molecule has 0 saturated heterocycles. The van der Waals surface area contributed by atoms with Gasteiger partial charge in [0.15, 0.2) is 0 Å². The average Bonchev–Trinajstić information content (AvgIpc) is 2.47. The second-order valence-electron chi connectivity index (χ2n) is 5.34. The first-order valence-corrected chi connectivity index (χ1v) is 7.70. The molecule has 0 radical (unpaired) electrons. The van der Waals surface area contributed by atoms with Crippen LogP contribution in [-0.2, 0) is 0 Å². The summed E-state index contributed by atoms with van der Waals surface area (Å²) in [6, 6.07) is 13.3. The average molecular weight is 324 g/mol. The summed E-state index contributed by atoms with van der Waals surface area (Å²) in [6.07, 6.45) is -0.707. The zero-order valence-electron chi connectivity index (χ0n) is 12.1. The molecule has 0 aliphatic rings. The van der Waals surface area contributed by atoms with Crippen LogP contribution in [0.1, 0.15) is 37.0 Å². The number of rotatable bonds is 5. The molecular formula is C17H19Cl2NO. The van der Waals surface area contributed by atoms with Gasteiger partial charge in [0.25, 0.3) is 0 Å². The highest BCUT2D eigenvalue weighted by atomic mass is 35.5. The third-order valence-electron chi connectivity index (χ3n) is 3.39. The highest BCUT2D eigenvalue weighted by Crippen LogP contribution is 2.27. The predicted molar refractivity (Wildman–Crippen MR) is 90.4 cm³/mol. The molecular weight excluding hydrogens is 305 g/mol. The van der Waals surface area contributed by atoms with E-state index >= 15 is 0 Å². The number of hydrogen-bond donors (Lipinski definition) is 2. The van der Waals surface area contributed by atoms with Crippen molar-refractivity contribution in [3.05, 3.63) is 63.6 Å². The van der Waals surface area contributed by atoms with Crippen LogP contribution in [0.4, 0.5) is 5.69 Å². The van der Waals surface area contributed by atoms with Crippen molar-refractivity contribution in [2.24, 2.45) is 0 Å². The Hall–Kier alpha value is -1.22. The van der Waals surface area contributed by atoms with E-state index in [1.807, 2.05) is 12.1 Å². The molecule has 2 N–H and O–H groups in total. The monoisotopic (exact) mass is 323 g/mol. The molecule has 0 heterocycles. The summed E-state index contributed by atoms with van der Waals surface area (Å²) in [4.78, 5) is 0. The Bertz CT molecular complexity index is 596. The molecule has 21 heavy (non-hydrogen) atoms. The van der Waals surface area contributed by atoms with Crippen molar-refractivity contribution in [2.75, 3.05) is 11.9 Å². The molecule has 2 aromatic rings. The van der Waals surface area contributed by atoms with Crippen LogP contribution in [0.2, 0.25) is 10.0 Å². The Kier molecular flexibility index (Phi) is 5.51. The lowest BCUT2D eigenvalue weighted by Crippen LogP contribution is -2.12. The third kappa shape index (κ3) is 4.37. The van der Waals surface area contributed by atoms with Gasteiger partial charge in [0.1, 0.15) is 0 Å². The molecule has 0 aliphatic heterocycles. The minimum Gasteiger partial charge on any atom is -0.387 e. The maximum absolute atomic E-state index is 10.2. The van der Waals surface area contributed by atoms with Gasteiger partial charge in [0.2, 0.25) is 0 Å². The summed E-state index contributed by atoms with van der Waals surface area (Å²) in [6.45, 7) is 4.70. The highest BCUT2D eigenvalue weighted by molar-refractivity contribution is 6.33. The SMILES string of the molecule is CC(C)c1ccc(NCC(O)c2cc(Cl)ccc2Cl)cc1. The van der Waals surface area contributed by atoms with Crippen LogP contribution in [0.5, 0.6) is 0 Å². The van der Waals surface area contributed by atoms with Crippen molar-refractivity contribution in [3.8, 4) is 0 Å². The van der Waals surface area contributed by atoms with Gasteiger partial charge in [-0.05, 0) is 41.8 Å². The summed E-state index contributed by atoms with van der Waals surface area (Å²) >= 11 is 12.0. The fraction of sp³-hybridized carbons (Fsp3) is 0.294. The Morgan fingerprint density at radius 3 is 2.33 bits per heavy atom. The van der Waals surface area contributed by atoms with Crippen LogP contribution >= 0.6 is 23.2 Å². The molecule has 0 amide bonds. The van der Waals surface area contributed by atoms with Gasteiger partial charge in [-0.15, -0.1) is 0 Å². The van der Waals surface area contributed by atoms with Crippen LogP contribution in [-0.4, -0.2) is 11.7 Å². The van der Waals surface area contributed by atoms with E-state index in [1.165, 1.54) is 5.56 Å². The van der Waals surface area contributed by atoms with Crippen molar-refractivity contribution in [3.63, 3.8) is 0 Å². The zero-order valence-corrected chi connectivity index (χ0v) is 13.6. The second-order valence-corrected chi connectivity index (χ2v) is 6.18. The quantitative estimate of drug-likeness (QED) is 0.786. The Morgan fingerprint density at radius 2 is 1.71 bits per heavy atom. The maximum atomic E-state index is 10.2. The van der Waals surface area contributed by atoms with E-state index in [9.17, 15) is 5.11 Å². The van der Waals surface area contributed by atoms with Gasteiger partial charge in [0.05, 0.1) is 6.10 Å². The van der Waals surface area contributed by atoms with Crippen LogP contribution in [0.3, 0.4) is 0 Å². The van der Waals surface area contributed by atoms with E-state index in [1.54, 1.807) is 18.2 Å². The Labute approximate surface area is 135 Å². The topological polar surface area (TPSA) is 32.3 Å². The summed E-state index contributed by atoms with van der Waals surface area (Å²) in [5.74, 6) is 0.509. The molecule has 1 atom stereocenters. The number of halogens is 2. The lowest BCUT2D eigenvalue weighted by atomic mass is 10.0. The third-order valence-corrected chi connectivity index (χ3v) is 3.97. The van der Waals surface area contributed by atoms with Crippen LogP contribution in [0, 0.1) is 0 Å². The minimum atomic E-state index is -0.707. The van der Waals surface area contributed by atoms with Crippen molar-refractivity contribution >= 4 is 28.9 Å².